The summed E-state index contributed by atoms with van der Waals surface area (Å²) in [4.78, 5) is 0. The Morgan fingerprint density at radius 3 is 2.68 bits per heavy atom. The summed E-state index contributed by atoms with van der Waals surface area (Å²) in [6.07, 6.45) is 2.10. The van der Waals surface area contributed by atoms with Crippen molar-refractivity contribution in [1.29, 1.82) is 0 Å². The fourth-order valence-electron chi connectivity index (χ4n) is 2.10. The molecular formula is C16H24N2O. The van der Waals surface area contributed by atoms with Crippen LogP contribution in [0.5, 0.6) is 0 Å². The summed E-state index contributed by atoms with van der Waals surface area (Å²) >= 11 is 0. The molecule has 0 aliphatic rings. The van der Waals surface area contributed by atoms with E-state index < -0.39 is 0 Å². The van der Waals surface area contributed by atoms with Crippen molar-refractivity contribution in [1.82, 2.24) is 9.88 Å². The standard InChI is InChI=1S/C16H24N2O/c1-5-19-12-18-10-9-14-13(7-6-8-15(14)18)11-17-16(2,3)4/h6-10,17H,5,11-12H2,1-4H3. The van der Waals surface area contributed by atoms with Gasteiger partial charge < -0.3 is 14.6 Å². The van der Waals surface area contributed by atoms with Crippen LogP contribution in [0.2, 0.25) is 0 Å². The minimum Gasteiger partial charge on any atom is -0.361 e. The van der Waals surface area contributed by atoms with Crippen LogP contribution in [0, 0.1) is 0 Å². The largest absolute Gasteiger partial charge is 0.361 e. The molecular weight excluding hydrogens is 236 g/mol. The molecule has 0 radical (unpaired) electrons. The van der Waals surface area contributed by atoms with E-state index in [9.17, 15) is 0 Å². The molecule has 1 heterocycles. The minimum absolute atomic E-state index is 0.135. The lowest BCUT2D eigenvalue weighted by Crippen LogP contribution is -2.35. The lowest BCUT2D eigenvalue weighted by molar-refractivity contribution is 0.0909. The van der Waals surface area contributed by atoms with E-state index in [2.05, 4.69) is 61.1 Å². The first-order valence-corrected chi connectivity index (χ1v) is 6.91. The predicted octanol–water partition coefficient (Wildman–Crippen LogP) is 3.52. The molecule has 0 spiro atoms. The SMILES string of the molecule is CCOCn1ccc2c(CNC(C)(C)C)cccc21. The van der Waals surface area contributed by atoms with Gasteiger partial charge in [-0.25, -0.2) is 0 Å². The van der Waals surface area contributed by atoms with Crippen LogP contribution in [0.4, 0.5) is 0 Å². The van der Waals surface area contributed by atoms with E-state index in [0.29, 0.717) is 6.73 Å². The Hall–Kier alpha value is -1.32. The van der Waals surface area contributed by atoms with Crippen LogP contribution in [-0.4, -0.2) is 16.7 Å². The molecule has 0 unspecified atom stereocenters. The summed E-state index contributed by atoms with van der Waals surface area (Å²) in [7, 11) is 0. The summed E-state index contributed by atoms with van der Waals surface area (Å²) in [5.41, 5.74) is 2.71. The van der Waals surface area contributed by atoms with Gasteiger partial charge >= 0.3 is 0 Å². The Balaban J connectivity index is 2.23. The van der Waals surface area contributed by atoms with E-state index >= 15 is 0 Å². The summed E-state index contributed by atoms with van der Waals surface area (Å²) in [5.74, 6) is 0. The van der Waals surface area contributed by atoms with Crippen LogP contribution in [0.1, 0.15) is 33.3 Å². The molecule has 3 heteroatoms. The molecule has 0 bridgehead atoms. The third-order valence-corrected chi connectivity index (χ3v) is 3.15. The highest BCUT2D eigenvalue weighted by atomic mass is 16.5. The predicted molar refractivity (Wildman–Crippen MR) is 80.2 cm³/mol. The molecule has 2 aromatic rings. The Labute approximate surface area is 115 Å². The summed E-state index contributed by atoms with van der Waals surface area (Å²) in [6.45, 7) is 10.8. The number of aromatic nitrogens is 1. The van der Waals surface area contributed by atoms with Crippen molar-refractivity contribution in [3.8, 4) is 0 Å². The molecule has 0 aliphatic heterocycles. The summed E-state index contributed by atoms with van der Waals surface area (Å²) in [5, 5.41) is 4.85. The Morgan fingerprint density at radius 2 is 2.00 bits per heavy atom. The van der Waals surface area contributed by atoms with Crippen molar-refractivity contribution < 1.29 is 4.74 Å². The third kappa shape index (κ3) is 3.58. The molecule has 0 amide bonds. The van der Waals surface area contributed by atoms with E-state index in [0.717, 1.165) is 13.2 Å². The Kier molecular flexibility index (Phi) is 4.27. The topological polar surface area (TPSA) is 26.2 Å². The molecule has 2 rings (SSSR count). The minimum atomic E-state index is 0.135. The summed E-state index contributed by atoms with van der Waals surface area (Å²) < 4.78 is 7.64. The van der Waals surface area contributed by atoms with Crippen molar-refractivity contribution in [3.63, 3.8) is 0 Å². The molecule has 0 atom stereocenters. The van der Waals surface area contributed by atoms with Gasteiger partial charge in [-0.1, -0.05) is 12.1 Å². The molecule has 0 saturated carbocycles. The van der Waals surface area contributed by atoms with Crippen LogP contribution in [0.25, 0.3) is 10.9 Å². The third-order valence-electron chi connectivity index (χ3n) is 3.15. The molecule has 1 N–H and O–H groups in total. The van der Waals surface area contributed by atoms with Gasteiger partial charge in [0.2, 0.25) is 0 Å². The zero-order valence-electron chi connectivity index (χ0n) is 12.4. The van der Waals surface area contributed by atoms with Gasteiger partial charge in [-0.15, -0.1) is 0 Å². The fraction of sp³-hybridized carbons (Fsp3) is 0.500. The second kappa shape index (κ2) is 5.76. The Bertz CT molecular complexity index is 537. The quantitative estimate of drug-likeness (QED) is 0.890. The smallest absolute Gasteiger partial charge is 0.122 e. The van der Waals surface area contributed by atoms with Crippen LogP contribution in [0.15, 0.2) is 30.5 Å². The number of hydrogen-bond donors (Lipinski definition) is 1. The van der Waals surface area contributed by atoms with Gasteiger partial charge in [-0.05, 0) is 45.4 Å². The van der Waals surface area contributed by atoms with Crippen LogP contribution in [0.3, 0.4) is 0 Å². The van der Waals surface area contributed by atoms with Crippen LogP contribution >= 0.6 is 0 Å². The number of hydrogen-bond acceptors (Lipinski definition) is 2. The van der Waals surface area contributed by atoms with Gasteiger partial charge in [-0.3, -0.25) is 0 Å². The van der Waals surface area contributed by atoms with Gasteiger partial charge in [-0.2, -0.15) is 0 Å². The zero-order valence-corrected chi connectivity index (χ0v) is 12.4. The first-order chi connectivity index (χ1) is 9.01. The second-order valence-corrected chi connectivity index (χ2v) is 5.86. The van der Waals surface area contributed by atoms with Gasteiger partial charge in [0.15, 0.2) is 0 Å². The lowest BCUT2D eigenvalue weighted by atomic mass is 10.1. The van der Waals surface area contributed by atoms with Crippen molar-refractivity contribution >= 4 is 10.9 Å². The molecule has 1 aromatic carbocycles. The van der Waals surface area contributed by atoms with Crippen LogP contribution < -0.4 is 5.32 Å². The monoisotopic (exact) mass is 260 g/mol. The first-order valence-electron chi connectivity index (χ1n) is 6.91. The van der Waals surface area contributed by atoms with Gasteiger partial charge in [0.1, 0.15) is 6.73 Å². The molecule has 19 heavy (non-hydrogen) atoms. The highest BCUT2D eigenvalue weighted by Crippen LogP contribution is 2.21. The van der Waals surface area contributed by atoms with E-state index in [1.165, 1.54) is 16.5 Å². The van der Waals surface area contributed by atoms with Gasteiger partial charge in [0.25, 0.3) is 0 Å². The van der Waals surface area contributed by atoms with Crippen molar-refractivity contribution in [2.75, 3.05) is 6.61 Å². The number of nitrogens with zero attached hydrogens (tertiary/aromatic N) is 1. The molecule has 3 nitrogen and oxygen atoms in total. The summed E-state index contributed by atoms with van der Waals surface area (Å²) in [6, 6.07) is 8.62. The van der Waals surface area contributed by atoms with E-state index in [1.54, 1.807) is 0 Å². The number of rotatable bonds is 5. The van der Waals surface area contributed by atoms with Gasteiger partial charge in [0, 0.05) is 30.3 Å². The van der Waals surface area contributed by atoms with Crippen molar-refractivity contribution in [2.24, 2.45) is 0 Å². The lowest BCUT2D eigenvalue weighted by Gasteiger charge is -2.21. The Morgan fingerprint density at radius 1 is 1.21 bits per heavy atom. The number of fused-ring (bicyclic) bond motifs is 1. The molecule has 0 fully saturated rings. The zero-order chi connectivity index (χ0) is 13.9. The fourth-order valence-corrected chi connectivity index (χ4v) is 2.10. The number of ether oxygens (including phenoxy) is 1. The van der Waals surface area contributed by atoms with E-state index in [4.69, 9.17) is 4.74 Å². The molecule has 0 saturated heterocycles. The second-order valence-electron chi connectivity index (χ2n) is 5.86. The highest BCUT2D eigenvalue weighted by Gasteiger charge is 2.10. The maximum Gasteiger partial charge on any atom is 0.122 e. The maximum absolute atomic E-state index is 5.49. The number of benzene rings is 1. The van der Waals surface area contributed by atoms with Gasteiger partial charge in [0.05, 0.1) is 5.52 Å². The molecule has 0 aliphatic carbocycles. The van der Waals surface area contributed by atoms with Crippen LogP contribution in [-0.2, 0) is 18.0 Å². The normalized spacial score (nSPS) is 12.2. The first kappa shape index (κ1) is 14.1. The van der Waals surface area contributed by atoms with Crippen molar-refractivity contribution in [3.05, 3.63) is 36.0 Å². The van der Waals surface area contributed by atoms with E-state index in [1.807, 2.05) is 6.92 Å². The highest BCUT2D eigenvalue weighted by molar-refractivity contribution is 5.83. The molecule has 1 aromatic heterocycles. The average Bonchev–Trinajstić information content (AvgIpc) is 2.76. The maximum atomic E-state index is 5.49. The average molecular weight is 260 g/mol. The molecule has 104 valence electrons. The van der Waals surface area contributed by atoms with Crippen molar-refractivity contribution in [2.45, 2.75) is 46.5 Å². The van der Waals surface area contributed by atoms with E-state index in [-0.39, 0.29) is 5.54 Å². The number of nitrogens with one attached hydrogen (secondary N) is 1.